The third-order valence-electron chi connectivity index (χ3n) is 1.97. The Kier molecular flexibility index (Phi) is 3.51. The van der Waals surface area contributed by atoms with Gasteiger partial charge in [0.1, 0.15) is 6.67 Å². The van der Waals surface area contributed by atoms with Crippen molar-refractivity contribution in [1.29, 1.82) is 0 Å². The van der Waals surface area contributed by atoms with Crippen LogP contribution >= 0.6 is 11.8 Å². The van der Waals surface area contributed by atoms with Gasteiger partial charge in [-0.3, -0.25) is 19.3 Å². The van der Waals surface area contributed by atoms with E-state index < -0.39 is 0 Å². The molecule has 1 aliphatic rings. The summed E-state index contributed by atoms with van der Waals surface area (Å²) in [4.78, 5) is 34.5. The molecule has 6 heteroatoms. The molecule has 0 radical (unpaired) electrons. The van der Waals surface area contributed by atoms with Gasteiger partial charge in [-0.1, -0.05) is 0 Å². The van der Waals surface area contributed by atoms with E-state index in [9.17, 15) is 14.4 Å². The highest BCUT2D eigenvalue weighted by atomic mass is 32.2. The van der Waals surface area contributed by atoms with Crippen LogP contribution in [-0.4, -0.2) is 40.8 Å². The summed E-state index contributed by atoms with van der Waals surface area (Å²) in [5, 5.41) is 2.15. The second kappa shape index (κ2) is 4.45. The Morgan fingerprint density at radius 3 is 2.71 bits per heavy atom. The van der Waals surface area contributed by atoms with Crippen LogP contribution in [0.15, 0.2) is 0 Å². The lowest BCUT2D eigenvalue weighted by atomic mass is 10.4. The molecule has 5 nitrogen and oxygen atoms in total. The fourth-order valence-corrected chi connectivity index (χ4v) is 1.83. The standard InChI is InChI=1S/C8H12N2O3S/c1-5(11)9-4-10-7(12)3-6(14-2)8(10)13/h6H,3-4H2,1-2H3,(H,9,11). The number of carbonyl (C=O) groups excluding carboxylic acids is 3. The van der Waals surface area contributed by atoms with Gasteiger partial charge in [0, 0.05) is 13.3 Å². The first-order chi connectivity index (χ1) is 6.56. The Bertz CT molecular complexity index is 280. The smallest absolute Gasteiger partial charge is 0.244 e. The van der Waals surface area contributed by atoms with Crippen LogP contribution in [0.3, 0.4) is 0 Å². The molecule has 0 aliphatic carbocycles. The first-order valence-corrected chi connectivity index (χ1v) is 5.46. The quantitative estimate of drug-likeness (QED) is 0.650. The van der Waals surface area contributed by atoms with Crippen LogP contribution in [0, 0.1) is 0 Å². The molecule has 0 bridgehead atoms. The van der Waals surface area contributed by atoms with E-state index in [1.54, 1.807) is 6.26 Å². The van der Waals surface area contributed by atoms with Crippen LogP contribution < -0.4 is 5.32 Å². The number of nitrogens with one attached hydrogen (secondary N) is 1. The zero-order valence-corrected chi connectivity index (χ0v) is 8.89. The first-order valence-electron chi connectivity index (χ1n) is 4.17. The largest absolute Gasteiger partial charge is 0.338 e. The number of carbonyl (C=O) groups is 3. The summed E-state index contributed by atoms with van der Waals surface area (Å²) in [6, 6.07) is 0. The molecule has 78 valence electrons. The molecule has 1 heterocycles. The Balaban J connectivity index is 2.56. The van der Waals surface area contributed by atoms with Gasteiger partial charge in [-0.25, -0.2) is 0 Å². The first kappa shape index (κ1) is 11.0. The molecular formula is C8H12N2O3S. The highest BCUT2D eigenvalue weighted by Crippen LogP contribution is 2.22. The maximum Gasteiger partial charge on any atom is 0.244 e. The molecule has 1 atom stereocenters. The fraction of sp³-hybridized carbons (Fsp3) is 0.625. The van der Waals surface area contributed by atoms with Crippen molar-refractivity contribution in [1.82, 2.24) is 10.2 Å². The van der Waals surface area contributed by atoms with Gasteiger partial charge in [-0.2, -0.15) is 11.8 Å². The number of hydrogen-bond donors (Lipinski definition) is 1. The topological polar surface area (TPSA) is 66.5 Å². The molecule has 14 heavy (non-hydrogen) atoms. The van der Waals surface area contributed by atoms with Crippen molar-refractivity contribution in [3.05, 3.63) is 0 Å². The van der Waals surface area contributed by atoms with Crippen molar-refractivity contribution in [3.63, 3.8) is 0 Å². The van der Waals surface area contributed by atoms with Gasteiger partial charge in [0.15, 0.2) is 0 Å². The fourth-order valence-electron chi connectivity index (χ4n) is 1.19. The monoisotopic (exact) mass is 216 g/mol. The highest BCUT2D eigenvalue weighted by Gasteiger charge is 2.37. The average Bonchev–Trinajstić information content (AvgIpc) is 2.39. The minimum absolute atomic E-state index is 0.00986. The van der Waals surface area contributed by atoms with Gasteiger partial charge in [0.25, 0.3) is 0 Å². The molecule has 0 spiro atoms. The van der Waals surface area contributed by atoms with E-state index in [0.29, 0.717) is 0 Å². The maximum absolute atomic E-state index is 11.5. The molecular weight excluding hydrogens is 204 g/mol. The summed E-state index contributed by atoms with van der Waals surface area (Å²) in [5.74, 6) is -0.683. The van der Waals surface area contributed by atoms with Crippen molar-refractivity contribution in [2.24, 2.45) is 0 Å². The maximum atomic E-state index is 11.5. The summed E-state index contributed by atoms with van der Waals surface area (Å²) >= 11 is 1.36. The second-order valence-corrected chi connectivity index (χ2v) is 4.02. The minimum Gasteiger partial charge on any atom is -0.338 e. The molecule has 1 aliphatic heterocycles. The van der Waals surface area contributed by atoms with Crippen molar-refractivity contribution in [3.8, 4) is 0 Å². The zero-order valence-electron chi connectivity index (χ0n) is 8.07. The van der Waals surface area contributed by atoms with Crippen LogP contribution in [-0.2, 0) is 14.4 Å². The predicted octanol–water partition coefficient (Wildman–Crippen LogP) is -0.429. The van der Waals surface area contributed by atoms with Gasteiger partial charge < -0.3 is 5.32 Å². The Morgan fingerprint density at radius 2 is 2.29 bits per heavy atom. The van der Waals surface area contributed by atoms with Crippen LogP contribution in [0.1, 0.15) is 13.3 Å². The third kappa shape index (κ3) is 2.25. The molecule has 1 unspecified atom stereocenters. The van der Waals surface area contributed by atoms with E-state index in [0.717, 1.165) is 4.90 Å². The van der Waals surface area contributed by atoms with Crippen LogP contribution in [0.2, 0.25) is 0 Å². The number of hydrogen-bond acceptors (Lipinski definition) is 4. The number of rotatable bonds is 3. The van der Waals surface area contributed by atoms with Crippen molar-refractivity contribution >= 4 is 29.5 Å². The summed E-state index contributed by atoms with van der Waals surface area (Å²) in [6.45, 7) is 1.33. The predicted molar refractivity (Wildman–Crippen MR) is 52.5 cm³/mol. The zero-order chi connectivity index (χ0) is 10.7. The number of thioether (sulfide) groups is 1. The van der Waals surface area contributed by atoms with Gasteiger partial charge >= 0.3 is 0 Å². The Labute approximate surface area is 86.2 Å². The third-order valence-corrected chi connectivity index (χ3v) is 2.91. The summed E-state index contributed by atoms with van der Waals surface area (Å²) in [7, 11) is 0. The lowest BCUT2D eigenvalue weighted by molar-refractivity contribution is -0.139. The van der Waals surface area contributed by atoms with Crippen LogP contribution in [0.4, 0.5) is 0 Å². The van der Waals surface area contributed by atoms with E-state index in [1.165, 1.54) is 18.7 Å². The SMILES string of the molecule is CSC1CC(=O)N(CNC(C)=O)C1=O. The van der Waals surface area contributed by atoms with Crippen LogP contribution in [0.25, 0.3) is 0 Å². The number of amides is 3. The second-order valence-electron chi connectivity index (χ2n) is 2.98. The molecule has 1 fully saturated rings. The van der Waals surface area contributed by atoms with Crippen molar-refractivity contribution < 1.29 is 14.4 Å². The number of nitrogens with zero attached hydrogens (tertiary/aromatic N) is 1. The Morgan fingerprint density at radius 1 is 1.64 bits per heavy atom. The number of imide groups is 1. The minimum atomic E-state index is -0.281. The van der Waals surface area contributed by atoms with Gasteiger partial charge in [0.05, 0.1) is 5.25 Å². The highest BCUT2D eigenvalue weighted by molar-refractivity contribution is 8.00. The molecule has 1 saturated heterocycles. The van der Waals surface area contributed by atoms with Crippen molar-refractivity contribution in [2.75, 3.05) is 12.9 Å². The molecule has 0 aromatic heterocycles. The van der Waals surface area contributed by atoms with Gasteiger partial charge in [0.2, 0.25) is 17.7 Å². The van der Waals surface area contributed by atoms with Crippen LogP contribution in [0.5, 0.6) is 0 Å². The molecule has 0 saturated carbocycles. The average molecular weight is 216 g/mol. The molecule has 0 aromatic carbocycles. The molecule has 1 N–H and O–H groups in total. The lowest BCUT2D eigenvalue weighted by Gasteiger charge is -2.14. The molecule has 3 amide bonds. The molecule has 1 rings (SSSR count). The van der Waals surface area contributed by atoms with Gasteiger partial charge in [-0.05, 0) is 6.26 Å². The van der Waals surface area contributed by atoms with E-state index in [-0.39, 0.29) is 36.1 Å². The normalized spacial score (nSPS) is 21.6. The van der Waals surface area contributed by atoms with Gasteiger partial charge in [-0.15, -0.1) is 0 Å². The van der Waals surface area contributed by atoms with Crippen molar-refractivity contribution in [2.45, 2.75) is 18.6 Å². The number of likely N-dealkylation sites (tertiary alicyclic amines) is 1. The molecule has 0 aromatic rings. The lowest BCUT2D eigenvalue weighted by Crippen LogP contribution is -2.40. The summed E-state index contributed by atoms with van der Waals surface area (Å²) in [6.07, 6.45) is 2.03. The van der Waals surface area contributed by atoms with E-state index in [1.807, 2.05) is 0 Å². The van der Waals surface area contributed by atoms with E-state index in [2.05, 4.69) is 5.32 Å². The summed E-state index contributed by atoms with van der Waals surface area (Å²) in [5.41, 5.74) is 0. The van der Waals surface area contributed by atoms with E-state index in [4.69, 9.17) is 0 Å². The van der Waals surface area contributed by atoms with E-state index >= 15 is 0 Å². The Hall–Kier alpha value is -1.04. The summed E-state index contributed by atoms with van der Waals surface area (Å²) < 4.78 is 0.